The first kappa shape index (κ1) is 11.2. The van der Waals surface area contributed by atoms with Crippen LogP contribution in [0.5, 0.6) is 0 Å². The maximum Gasteiger partial charge on any atom is 0.146 e. The lowest BCUT2D eigenvalue weighted by molar-refractivity contribution is 0.0167. The van der Waals surface area contributed by atoms with Gasteiger partial charge in [0.05, 0.1) is 11.3 Å². The summed E-state index contributed by atoms with van der Waals surface area (Å²) in [5.41, 5.74) is 5.96. The molecule has 0 amide bonds. The molecule has 0 unspecified atom stereocenters. The molecule has 1 aromatic rings. The van der Waals surface area contributed by atoms with Gasteiger partial charge in [0.15, 0.2) is 0 Å². The molecule has 4 heteroatoms. The number of hydrogen-bond acceptors (Lipinski definition) is 4. The third kappa shape index (κ3) is 2.64. The fraction of sp³-hybridized carbons (Fsp3) is 0.583. The van der Waals surface area contributed by atoms with E-state index in [0.29, 0.717) is 12.4 Å². The first-order chi connectivity index (χ1) is 7.70. The van der Waals surface area contributed by atoms with Crippen molar-refractivity contribution in [2.24, 2.45) is 0 Å². The van der Waals surface area contributed by atoms with Gasteiger partial charge in [-0.2, -0.15) is 0 Å². The number of rotatable bonds is 3. The fourth-order valence-corrected chi connectivity index (χ4v) is 2.21. The number of hydrogen-bond donors (Lipinski definition) is 3. The normalized spacial score (nSPS) is 19.3. The highest BCUT2D eigenvalue weighted by molar-refractivity contribution is 5.60. The maximum absolute atomic E-state index is 10.3. The van der Waals surface area contributed by atoms with E-state index in [9.17, 15) is 5.11 Å². The van der Waals surface area contributed by atoms with E-state index < -0.39 is 5.60 Å². The second-order valence-electron chi connectivity index (χ2n) is 4.57. The van der Waals surface area contributed by atoms with Gasteiger partial charge in [0, 0.05) is 12.7 Å². The van der Waals surface area contributed by atoms with Crippen LogP contribution in [0.2, 0.25) is 0 Å². The molecule has 1 heterocycles. The van der Waals surface area contributed by atoms with Gasteiger partial charge in [-0.25, -0.2) is 4.98 Å². The van der Waals surface area contributed by atoms with Crippen LogP contribution in [0.15, 0.2) is 18.3 Å². The molecule has 16 heavy (non-hydrogen) atoms. The smallest absolute Gasteiger partial charge is 0.146 e. The molecule has 1 saturated carbocycles. The van der Waals surface area contributed by atoms with E-state index in [0.717, 1.165) is 31.4 Å². The second kappa shape index (κ2) is 4.70. The Bertz CT molecular complexity index is 348. The predicted octanol–water partition coefficient (Wildman–Crippen LogP) is 1.77. The first-order valence-corrected chi connectivity index (χ1v) is 5.86. The van der Waals surface area contributed by atoms with E-state index in [1.807, 2.05) is 12.1 Å². The average molecular weight is 221 g/mol. The minimum atomic E-state index is -0.569. The van der Waals surface area contributed by atoms with E-state index in [4.69, 9.17) is 5.73 Å². The summed E-state index contributed by atoms with van der Waals surface area (Å²) in [4.78, 5) is 4.00. The SMILES string of the molecule is Nc1ncccc1NCC1(O)CCCCC1. The number of pyridine rings is 1. The lowest BCUT2D eigenvalue weighted by Crippen LogP contribution is -2.38. The van der Waals surface area contributed by atoms with E-state index in [1.54, 1.807) is 6.20 Å². The lowest BCUT2D eigenvalue weighted by Gasteiger charge is -2.32. The standard InChI is InChI=1S/C12H19N3O/c13-11-10(5-4-8-14-11)15-9-12(16)6-2-1-3-7-12/h4-5,8,15-16H,1-3,6-7,9H2,(H2,13,14). The molecule has 0 saturated heterocycles. The van der Waals surface area contributed by atoms with Crippen LogP contribution in [-0.2, 0) is 0 Å². The number of anilines is 2. The topological polar surface area (TPSA) is 71.2 Å². The summed E-state index contributed by atoms with van der Waals surface area (Å²) in [6.07, 6.45) is 6.87. The molecule has 0 atom stereocenters. The molecule has 1 fully saturated rings. The Balaban J connectivity index is 1.94. The molecule has 0 spiro atoms. The van der Waals surface area contributed by atoms with Gasteiger partial charge in [-0.15, -0.1) is 0 Å². The van der Waals surface area contributed by atoms with Gasteiger partial charge in [0.2, 0.25) is 0 Å². The molecule has 0 bridgehead atoms. The number of aromatic nitrogens is 1. The van der Waals surface area contributed by atoms with Crippen molar-refractivity contribution in [1.29, 1.82) is 0 Å². The number of aliphatic hydroxyl groups is 1. The van der Waals surface area contributed by atoms with Crippen molar-refractivity contribution in [2.75, 3.05) is 17.6 Å². The van der Waals surface area contributed by atoms with Gasteiger partial charge >= 0.3 is 0 Å². The van der Waals surface area contributed by atoms with E-state index in [2.05, 4.69) is 10.3 Å². The van der Waals surface area contributed by atoms with E-state index >= 15 is 0 Å². The van der Waals surface area contributed by atoms with Gasteiger partial charge in [0.1, 0.15) is 5.82 Å². The zero-order chi connectivity index (χ0) is 11.4. The Morgan fingerprint density at radius 1 is 1.38 bits per heavy atom. The maximum atomic E-state index is 10.3. The highest BCUT2D eigenvalue weighted by atomic mass is 16.3. The summed E-state index contributed by atoms with van der Waals surface area (Å²) in [5.74, 6) is 0.488. The highest BCUT2D eigenvalue weighted by Crippen LogP contribution is 2.28. The average Bonchev–Trinajstić information content (AvgIpc) is 2.29. The quantitative estimate of drug-likeness (QED) is 0.727. The van der Waals surface area contributed by atoms with Crippen LogP contribution in [0.4, 0.5) is 11.5 Å². The molecule has 1 aliphatic carbocycles. The van der Waals surface area contributed by atoms with Crippen LogP contribution in [0.25, 0.3) is 0 Å². The molecule has 1 aliphatic rings. The molecule has 88 valence electrons. The molecular formula is C12H19N3O. The summed E-state index contributed by atoms with van der Waals surface area (Å²) in [6.45, 7) is 0.558. The molecule has 4 N–H and O–H groups in total. The summed E-state index contributed by atoms with van der Waals surface area (Å²) < 4.78 is 0. The second-order valence-corrected chi connectivity index (χ2v) is 4.57. The van der Waals surface area contributed by atoms with E-state index in [1.165, 1.54) is 6.42 Å². The monoisotopic (exact) mass is 221 g/mol. The first-order valence-electron chi connectivity index (χ1n) is 5.86. The van der Waals surface area contributed by atoms with Gasteiger partial charge in [-0.05, 0) is 25.0 Å². The summed E-state index contributed by atoms with van der Waals surface area (Å²) in [5, 5.41) is 13.5. The van der Waals surface area contributed by atoms with Gasteiger partial charge in [-0.3, -0.25) is 0 Å². The predicted molar refractivity (Wildman–Crippen MR) is 65.2 cm³/mol. The third-order valence-corrected chi connectivity index (χ3v) is 3.23. The molecule has 4 nitrogen and oxygen atoms in total. The van der Waals surface area contributed by atoms with Gasteiger partial charge in [-0.1, -0.05) is 19.3 Å². The number of nitrogens with zero attached hydrogens (tertiary/aromatic N) is 1. The number of nitrogens with two attached hydrogens (primary N) is 1. The van der Waals surface area contributed by atoms with Crippen LogP contribution in [0.3, 0.4) is 0 Å². The van der Waals surface area contributed by atoms with Crippen molar-refractivity contribution in [3.8, 4) is 0 Å². The van der Waals surface area contributed by atoms with Crippen LogP contribution >= 0.6 is 0 Å². The van der Waals surface area contributed by atoms with Crippen LogP contribution in [0, 0.1) is 0 Å². The van der Waals surface area contributed by atoms with Crippen molar-refractivity contribution in [2.45, 2.75) is 37.7 Å². The van der Waals surface area contributed by atoms with Crippen molar-refractivity contribution in [3.63, 3.8) is 0 Å². The Hall–Kier alpha value is -1.29. The minimum Gasteiger partial charge on any atom is -0.388 e. The minimum absolute atomic E-state index is 0.488. The molecule has 1 aromatic heterocycles. The Labute approximate surface area is 95.9 Å². The van der Waals surface area contributed by atoms with Crippen LogP contribution in [-0.4, -0.2) is 22.2 Å². The molecule has 2 rings (SSSR count). The number of nitrogen functional groups attached to an aromatic ring is 1. The zero-order valence-corrected chi connectivity index (χ0v) is 9.45. The van der Waals surface area contributed by atoms with Crippen molar-refractivity contribution >= 4 is 11.5 Å². The molecule has 0 radical (unpaired) electrons. The summed E-state index contributed by atoms with van der Waals surface area (Å²) in [6, 6.07) is 3.72. The van der Waals surface area contributed by atoms with Gasteiger partial charge < -0.3 is 16.2 Å². The Kier molecular flexibility index (Phi) is 3.29. The Morgan fingerprint density at radius 2 is 2.12 bits per heavy atom. The van der Waals surface area contributed by atoms with E-state index in [-0.39, 0.29) is 0 Å². The van der Waals surface area contributed by atoms with Crippen LogP contribution in [0.1, 0.15) is 32.1 Å². The van der Waals surface area contributed by atoms with Crippen molar-refractivity contribution in [1.82, 2.24) is 4.98 Å². The third-order valence-electron chi connectivity index (χ3n) is 3.23. The van der Waals surface area contributed by atoms with Crippen molar-refractivity contribution < 1.29 is 5.11 Å². The Morgan fingerprint density at radius 3 is 2.81 bits per heavy atom. The van der Waals surface area contributed by atoms with Gasteiger partial charge in [0.25, 0.3) is 0 Å². The number of nitrogens with one attached hydrogen (secondary N) is 1. The lowest BCUT2D eigenvalue weighted by atomic mass is 9.85. The molecule has 0 aliphatic heterocycles. The molecular weight excluding hydrogens is 202 g/mol. The van der Waals surface area contributed by atoms with Crippen molar-refractivity contribution in [3.05, 3.63) is 18.3 Å². The molecule has 0 aromatic carbocycles. The fourth-order valence-electron chi connectivity index (χ4n) is 2.21. The largest absolute Gasteiger partial charge is 0.388 e. The highest BCUT2D eigenvalue weighted by Gasteiger charge is 2.28. The zero-order valence-electron chi connectivity index (χ0n) is 9.45. The summed E-state index contributed by atoms with van der Waals surface area (Å²) in [7, 11) is 0. The van der Waals surface area contributed by atoms with Crippen LogP contribution < -0.4 is 11.1 Å². The summed E-state index contributed by atoms with van der Waals surface area (Å²) >= 11 is 0.